The van der Waals surface area contributed by atoms with Gasteiger partial charge in [0.1, 0.15) is 6.10 Å². The summed E-state index contributed by atoms with van der Waals surface area (Å²) in [5, 5.41) is 17.2. The first-order valence-corrected chi connectivity index (χ1v) is 3.01. The summed E-state index contributed by atoms with van der Waals surface area (Å²) >= 11 is 0. The molecule has 0 aromatic carbocycles. The number of aliphatic hydroxyl groups excluding tert-OH is 1. The van der Waals surface area contributed by atoms with Gasteiger partial charge in [-0.05, 0) is 5.41 Å². The molecule has 4 nitrogen and oxygen atoms in total. The van der Waals surface area contributed by atoms with Gasteiger partial charge in [0.15, 0.2) is 0 Å². The van der Waals surface area contributed by atoms with Crippen molar-refractivity contribution in [2.24, 2.45) is 5.41 Å². The van der Waals surface area contributed by atoms with Crippen LogP contribution in [0.2, 0.25) is 0 Å². The maximum atomic E-state index is 10.5. The summed E-state index contributed by atoms with van der Waals surface area (Å²) in [6.07, 6.45) is -1.17. The molecule has 0 rings (SSSR count). The molecule has 60 valence electrons. The minimum atomic E-state index is -1.17. The number of rotatable bonds is 1. The Bertz CT molecular complexity index is 127. The number of carbonyl (C=O) groups is 1. The van der Waals surface area contributed by atoms with Crippen LogP contribution < -0.4 is 5.48 Å². The van der Waals surface area contributed by atoms with Crippen molar-refractivity contribution in [1.29, 1.82) is 0 Å². The highest BCUT2D eigenvalue weighted by atomic mass is 16.5. The molecule has 0 spiro atoms. The summed E-state index contributed by atoms with van der Waals surface area (Å²) in [7, 11) is 0. The van der Waals surface area contributed by atoms with E-state index in [2.05, 4.69) is 0 Å². The van der Waals surface area contributed by atoms with Crippen LogP contribution in [0.25, 0.3) is 0 Å². The lowest BCUT2D eigenvalue weighted by molar-refractivity contribution is -0.143. The van der Waals surface area contributed by atoms with Crippen LogP contribution in [0.4, 0.5) is 0 Å². The summed E-state index contributed by atoms with van der Waals surface area (Å²) in [4.78, 5) is 10.5. The molecule has 0 bridgehead atoms. The van der Waals surface area contributed by atoms with Crippen molar-refractivity contribution in [3.63, 3.8) is 0 Å². The lowest BCUT2D eigenvalue weighted by Crippen LogP contribution is -2.41. The average Bonchev–Trinajstić information content (AvgIpc) is 1.83. The van der Waals surface area contributed by atoms with Crippen LogP contribution in [0, 0.1) is 5.41 Å². The third kappa shape index (κ3) is 2.33. The van der Waals surface area contributed by atoms with Gasteiger partial charge in [0, 0.05) is 0 Å². The molecule has 4 heteroatoms. The van der Waals surface area contributed by atoms with Gasteiger partial charge in [-0.1, -0.05) is 20.8 Å². The molecule has 0 radical (unpaired) electrons. The fraction of sp³-hybridized carbons (Fsp3) is 0.833. The van der Waals surface area contributed by atoms with Crippen molar-refractivity contribution in [1.82, 2.24) is 5.48 Å². The van der Waals surface area contributed by atoms with Gasteiger partial charge < -0.3 is 5.11 Å². The zero-order valence-electron chi connectivity index (χ0n) is 6.38. The first-order chi connectivity index (χ1) is 4.39. The highest BCUT2D eigenvalue weighted by Crippen LogP contribution is 2.18. The molecule has 0 aromatic heterocycles. The molecule has 10 heavy (non-hydrogen) atoms. The number of nitrogens with one attached hydrogen (secondary N) is 1. The molecular weight excluding hydrogens is 134 g/mol. The van der Waals surface area contributed by atoms with E-state index in [1.165, 1.54) is 5.48 Å². The number of hydrogen-bond donors (Lipinski definition) is 3. The Balaban J connectivity index is 4.08. The largest absolute Gasteiger partial charge is 0.383 e. The van der Waals surface area contributed by atoms with Crippen molar-refractivity contribution in [2.75, 3.05) is 0 Å². The molecule has 1 amide bonds. The normalized spacial score (nSPS) is 14.5. The van der Waals surface area contributed by atoms with Gasteiger partial charge in [-0.25, -0.2) is 5.48 Å². The Morgan fingerprint density at radius 2 is 1.90 bits per heavy atom. The maximum absolute atomic E-state index is 10.5. The molecule has 0 heterocycles. The molecule has 0 aromatic rings. The van der Waals surface area contributed by atoms with E-state index in [4.69, 9.17) is 10.3 Å². The van der Waals surface area contributed by atoms with Crippen molar-refractivity contribution < 1.29 is 15.1 Å². The predicted molar refractivity (Wildman–Crippen MR) is 35.4 cm³/mol. The van der Waals surface area contributed by atoms with Crippen molar-refractivity contribution in [3.8, 4) is 0 Å². The molecule has 0 aliphatic heterocycles. The van der Waals surface area contributed by atoms with E-state index in [9.17, 15) is 4.79 Å². The lowest BCUT2D eigenvalue weighted by atomic mass is 9.89. The molecule has 0 aliphatic rings. The van der Waals surface area contributed by atoms with E-state index in [-0.39, 0.29) is 0 Å². The Kier molecular flexibility index (Phi) is 2.80. The predicted octanol–water partition coefficient (Wildman–Crippen LogP) is -0.101. The first-order valence-electron chi connectivity index (χ1n) is 3.01. The monoisotopic (exact) mass is 147 g/mol. The van der Waals surface area contributed by atoms with Crippen LogP contribution in [0.1, 0.15) is 20.8 Å². The second-order valence-corrected chi connectivity index (χ2v) is 3.24. The van der Waals surface area contributed by atoms with Crippen LogP contribution >= 0.6 is 0 Å². The Labute approximate surface area is 59.8 Å². The lowest BCUT2D eigenvalue weighted by Gasteiger charge is -2.23. The van der Waals surface area contributed by atoms with Crippen molar-refractivity contribution >= 4 is 5.91 Å². The smallest absolute Gasteiger partial charge is 0.272 e. The number of aliphatic hydroxyl groups is 1. The van der Waals surface area contributed by atoms with Crippen LogP contribution in [-0.2, 0) is 4.79 Å². The number of hydroxylamine groups is 1. The molecule has 1 atom stereocenters. The summed E-state index contributed by atoms with van der Waals surface area (Å²) in [6, 6.07) is 0. The van der Waals surface area contributed by atoms with Gasteiger partial charge in [0.2, 0.25) is 0 Å². The second kappa shape index (κ2) is 2.98. The van der Waals surface area contributed by atoms with E-state index in [1.807, 2.05) is 0 Å². The molecule has 0 saturated heterocycles. The third-order valence-electron chi connectivity index (χ3n) is 1.18. The topological polar surface area (TPSA) is 69.6 Å². The van der Waals surface area contributed by atoms with Gasteiger partial charge in [-0.2, -0.15) is 0 Å². The number of hydrogen-bond acceptors (Lipinski definition) is 3. The fourth-order valence-corrected chi connectivity index (χ4v) is 0.454. The van der Waals surface area contributed by atoms with E-state index in [0.29, 0.717) is 0 Å². The van der Waals surface area contributed by atoms with Gasteiger partial charge in [0.25, 0.3) is 5.91 Å². The molecule has 0 fully saturated rings. The standard InChI is InChI=1S/C6H13NO3/c1-6(2,3)4(8)5(9)7-10/h4,8,10H,1-3H3,(H,7,9). The van der Waals surface area contributed by atoms with E-state index >= 15 is 0 Å². The minimum absolute atomic E-state index is 0.535. The summed E-state index contributed by atoms with van der Waals surface area (Å²) in [6.45, 7) is 5.10. The number of carbonyl (C=O) groups excluding carboxylic acids is 1. The zero-order valence-corrected chi connectivity index (χ0v) is 6.38. The second-order valence-electron chi connectivity index (χ2n) is 3.24. The van der Waals surface area contributed by atoms with Gasteiger partial charge in [0.05, 0.1) is 0 Å². The Morgan fingerprint density at radius 3 is 2.00 bits per heavy atom. The average molecular weight is 147 g/mol. The van der Waals surface area contributed by atoms with E-state index in [1.54, 1.807) is 20.8 Å². The van der Waals surface area contributed by atoms with Crippen molar-refractivity contribution in [3.05, 3.63) is 0 Å². The third-order valence-corrected chi connectivity index (χ3v) is 1.18. The van der Waals surface area contributed by atoms with Gasteiger partial charge in [-0.3, -0.25) is 10.0 Å². The quantitative estimate of drug-likeness (QED) is 0.358. The van der Waals surface area contributed by atoms with Crippen molar-refractivity contribution in [2.45, 2.75) is 26.9 Å². The van der Waals surface area contributed by atoms with Crippen LogP contribution in [0.15, 0.2) is 0 Å². The number of amides is 1. The summed E-state index contributed by atoms with van der Waals surface area (Å²) < 4.78 is 0. The SMILES string of the molecule is CC(C)(C)C(O)C(=O)NO. The van der Waals surface area contributed by atoms with Crippen LogP contribution in [0.5, 0.6) is 0 Å². The summed E-state index contributed by atoms with van der Waals surface area (Å²) in [5.41, 5.74) is 0.847. The summed E-state index contributed by atoms with van der Waals surface area (Å²) in [5.74, 6) is -0.771. The highest BCUT2D eigenvalue weighted by molar-refractivity contribution is 5.79. The minimum Gasteiger partial charge on any atom is -0.383 e. The Hall–Kier alpha value is -0.610. The molecule has 0 saturated carbocycles. The van der Waals surface area contributed by atoms with Crippen LogP contribution in [0.3, 0.4) is 0 Å². The zero-order chi connectivity index (χ0) is 8.36. The fourth-order valence-electron chi connectivity index (χ4n) is 0.454. The molecule has 1 unspecified atom stereocenters. The van der Waals surface area contributed by atoms with Crippen LogP contribution in [-0.4, -0.2) is 22.3 Å². The van der Waals surface area contributed by atoms with Gasteiger partial charge >= 0.3 is 0 Å². The van der Waals surface area contributed by atoms with E-state index in [0.717, 1.165) is 0 Å². The maximum Gasteiger partial charge on any atom is 0.272 e. The Morgan fingerprint density at radius 1 is 1.50 bits per heavy atom. The highest BCUT2D eigenvalue weighted by Gasteiger charge is 2.28. The molecular formula is C6H13NO3. The molecule has 0 aliphatic carbocycles. The molecule has 3 N–H and O–H groups in total. The van der Waals surface area contributed by atoms with Gasteiger partial charge in [-0.15, -0.1) is 0 Å². The first kappa shape index (κ1) is 9.39. The van der Waals surface area contributed by atoms with E-state index < -0.39 is 17.4 Å².